The normalized spacial score (nSPS) is 13.6. The van der Waals surface area contributed by atoms with Gasteiger partial charge in [0.05, 0.1) is 28.7 Å². The Labute approximate surface area is 209 Å². The predicted molar refractivity (Wildman–Crippen MR) is 140 cm³/mol. The molecule has 1 amide bonds. The van der Waals surface area contributed by atoms with Gasteiger partial charge in [-0.15, -0.1) is 0 Å². The average molecular weight is 485 g/mol. The van der Waals surface area contributed by atoms with E-state index in [2.05, 4.69) is 15.4 Å². The highest BCUT2D eigenvalue weighted by Gasteiger charge is 2.24. The Morgan fingerprint density at radius 2 is 1.69 bits per heavy atom. The fourth-order valence-electron chi connectivity index (χ4n) is 4.86. The number of nitrogens with one attached hydrogen (secondary N) is 1. The largest absolute Gasteiger partial charge is 0.356 e. The van der Waals surface area contributed by atoms with E-state index in [9.17, 15) is 9.18 Å². The molecule has 0 saturated carbocycles. The number of anilines is 1. The van der Waals surface area contributed by atoms with E-state index >= 15 is 0 Å². The highest BCUT2D eigenvalue weighted by Crippen LogP contribution is 2.29. The van der Waals surface area contributed by atoms with Crippen LogP contribution in [0.1, 0.15) is 45.8 Å². The lowest BCUT2D eigenvalue weighted by Crippen LogP contribution is -2.23. The fraction of sp³-hybridized carbons (Fsp3) is 0.250. The Bertz CT molecular complexity index is 1410. The van der Waals surface area contributed by atoms with E-state index in [4.69, 9.17) is 5.10 Å². The van der Waals surface area contributed by atoms with Crippen molar-refractivity contribution in [2.75, 3.05) is 18.0 Å². The van der Waals surface area contributed by atoms with Crippen molar-refractivity contribution in [3.05, 3.63) is 94.7 Å². The number of benzene rings is 2. The van der Waals surface area contributed by atoms with Crippen LogP contribution in [0.4, 0.5) is 10.2 Å². The second-order valence-electron chi connectivity index (χ2n) is 9.06. The molecule has 1 fully saturated rings. The van der Waals surface area contributed by atoms with Crippen LogP contribution >= 0.6 is 0 Å². The minimum Gasteiger partial charge on any atom is -0.356 e. The van der Waals surface area contributed by atoms with Gasteiger partial charge in [-0.1, -0.05) is 18.2 Å². The number of amides is 1. The summed E-state index contributed by atoms with van der Waals surface area (Å²) in [5.74, 6) is 0.389. The lowest BCUT2D eigenvalue weighted by atomic mass is 10.2. The molecule has 184 valence electrons. The number of para-hydroxylation sites is 1. The van der Waals surface area contributed by atoms with Crippen LogP contribution in [0.3, 0.4) is 0 Å². The molecule has 2 aromatic carbocycles. The number of hydrazone groups is 1. The van der Waals surface area contributed by atoms with Crippen molar-refractivity contribution in [2.45, 2.75) is 33.6 Å². The van der Waals surface area contributed by atoms with Gasteiger partial charge in [-0.25, -0.2) is 14.5 Å². The second-order valence-corrected chi connectivity index (χ2v) is 9.06. The first kappa shape index (κ1) is 23.5. The monoisotopic (exact) mass is 484 g/mol. The predicted octanol–water partition coefficient (Wildman–Crippen LogP) is 5.09. The molecule has 3 heterocycles. The van der Waals surface area contributed by atoms with Crippen LogP contribution in [0.2, 0.25) is 0 Å². The van der Waals surface area contributed by atoms with Crippen molar-refractivity contribution < 1.29 is 9.18 Å². The van der Waals surface area contributed by atoms with Crippen molar-refractivity contribution in [3.8, 4) is 11.4 Å². The van der Waals surface area contributed by atoms with E-state index in [1.54, 1.807) is 18.3 Å². The molecule has 2 aromatic heterocycles. The van der Waals surface area contributed by atoms with Crippen molar-refractivity contribution in [1.82, 2.24) is 19.8 Å². The van der Waals surface area contributed by atoms with E-state index in [-0.39, 0.29) is 11.7 Å². The summed E-state index contributed by atoms with van der Waals surface area (Å²) in [5.41, 5.74) is 8.36. The maximum atomic E-state index is 13.4. The van der Waals surface area contributed by atoms with Gasteiger partial charge in [0.2, 0.25) is 0 Å². The zero-order chi connectivity index (χ0) is 25.2. The molecule has 0 aliphatic carbocycles. The van der Waals surface area contributed by atoms with Crippen LogP contribution in [0.5, 0.6) is 0 Å². The van der Waals surface area contributed by atoms with Gasteiger partial charge in [0.25, 0.3) is 5.91 Å². The van der Waals surface area contributed by atoms with Crippen molar-refractivity contribution in [2.24, 2.45) is 5.10 Å². The highest BCUT2D eigenvalue weighted by atomic mass is 19.1. The summed E-state index contributed by atoms with van der Waals surface area (Å²) in [6.07, 6.45) is 3.96. The number of halogens is 1. The summed E-state index contributed by atoms with van der Waals surface area (Å²) >= 11 is 0. The van der Waals surface area contributed by atoms with Gasteiger partial charge in [-0.3, -0.25) is 4.79 Å². The number of carbonyl (C=O) groups excluding carboxylic acids is 1. The molecule has 5 rings (SSSR count). The summed E-state index contributed by atoms with van der Waals surface area (Å²) in [6, 6.07) is 18.1. The van der Waals surface area contributed by atoms with Crippen LogP contribution in [0.15, 0.2) is 65.8 Å². The number of nitrogens with zero attached hydrogens (tertiary/aromatic N) is 5. The van der Waals surface area contributed by atoms with E-state index < -0.39 is 0 Å². The summed E-state index contributed by atoms with van der Waals surface area (Å²) < 4.78 is 17.3. The number of aryl methyl sites for hydroxylation is 2. The average Bonchev–Trinajstić information content (AvgIpc) is 3.59. The number of aromatic nitrogens is 3. The number of hydrogen-bond donors (Lipinski definition) is 1. The first-order chi connectivity index (χ1) is 17.4. The van der Waals surface area contributed by atoms with E-state index in [0.29, 0.717) is 5.56 Å². The molecule has 36 heavy (non-hydrogen) atoms. The molecule has 0 atom stereocenters. The van der Waals surface area contributed by atoms with Gasteiger partial charge < -0.3 is 9.47 Å². The molecule has 7 nitrogen and oxygen atoms in total. The molecule has 1 N–H and O–H groups in total. The quantitative estimate of drug-likeness (QED) is 0.306. The van der Waals surface area contributed by atoms with Crippen molar-refractivity contribution in [1.29, 1.82) is 0 Å². The minimum atomic E-state index is -0.302. The van der Waals surface area contributed by atoms with Crippen molar-refractivity contribution >= 4 is 17.9 Å². The Kier molecular flexibility index (Phi) is 6.41. The van der Waals surface area contributed by atoms with E-state index in [1.807, 2.05) is 66.4 Å². The van der Waals surface area contributed by atoms with Crippen LogP contribution < -0.4 is 10.3 Å². The van der Waals surface area contributed by atoms with Gasteiger partial charge in [-0.05, 0) is 76.1 Å². The van der Waals surface area contributed by atoms with E-state index in [1.165, 1.54) is 12.1 Å². The molecule has 0 unspecified atom stereocenters. The molecular formula is C28H29FN6O. The Morgan fingerprint density at radius 1 is 1.00 bits per heavy atom. The molecule has 0 spiro atoms. The van der Waals surface area contributed by atoms with Crippen molar-refractivity contribution in [3.63, 3.8) is 0 Å². The third kappa shape index (κ3) is 4.42. The fourth-order valence-corrected chi connectivity index (χ4v) is 4.86. The first-order valence-electron chi connectivity index (χ1n) is 12.1. The smallest absolute Gasteiger partial charge is 0.273 e. The zero-order valence-corrected chi connectivity index (χ0v) is 20.7. The van der Waals surface area contributed by atoms with Crippen LogP contribution in [0, 0.1) is 26.6 Å². The number of carbonyl (C=O) groups is 1. The summed E-state index contributed by atoms with van der Waals surface area (Å²) in [5, 5.41) is 9.11. The molecule has 4 aromatic rings. The molecule has 0 bridgehead atoms. The van der Waals surface area contributed by atoms with Crippen LogP contribution in [-0.4, -0.2) is 39.6 Å². The highest BCUT2D eigenvalue weighted by molar-refractivity contribution is 5.97. The molecule has 1 saturated heterocycles. The maximum absolute atomic E-state index is 13.4. The summed E-state index contributed by atoms with van der Waals surface area (Å²) in [4.78, 5) is 15.4. The summed E-state index contributed by atoms with van der Waals surface area (Å²) in [6.45, 7) is 7.66. The Balaban J connectivity index is 1.42. The maximum Gasteiger partial charge on any atom is 0.273 e. The topological polar surface area (TPSA) is 67.5 Å². The first-order valence-corrected chi connectivity index (χ1v) is 12.1. The van der Waals surface area contributed by atoms with Gasteiger partial charge in [0.15, 0.2) is 0 Å². The molecular weight excluding hydrogens is 455 g/mol. The number of hydrogen-bond acceptors (Lipinski definition) is 4. The summed E-state index contributed by atoms with van der Waals surface area (Å²) in [7, 11) is 0. The van der Waals surface area contributed by atoms with Gasteiger partial charge in [0.1, 0.15) is 11.6 Å². The third-order valence-corrected chi connectivity index (χ3v) is 6.61. The lowest BCUT2D eigenvalue weighted by molar-refractivity contribution is 0.0954. The zero-order valence-electron chi connectivity index (χ0n) is 20.7. The van der Waals surface area contributed by atoms with Crippen LogP contribution in [0.25, 0.3) is 11.4 Å². The van der Waals surface area contributed by atoms with Gasteiger partial charge in [0, 0.05) is 30.2 Å². The molecule has 0 radical (unpaired) electrons. The minimum absolute atomic E-state index is 0.298. The SMILES string of the molecule is Cc1nn(-c2ccccc2)c(N2CCCC2)c1C=NNC(=O)c1cc(C)n(-c2ccc(F)cc2)c1C. The Morgan fingerprint density at radius 3 is 2.39 bits per heavy atom. The third-order valence-electron chi connectivity index (χ3n) is 6.61. The van der Waals surface area contributed by atoms with Gasteiger partial charge >= 0.3 is 0 Å². The van der Waals surface area contributed by atoms with Gasteiger partial charge in [-0.2, -0.15) is 10.2 Å². The standard InChI is InChI=1S/C28H29FN6O/c1-19-17-25(21(3)34(19)23-13-11-22(29)12-14-23)27(36)31-30-18-26-20(2)32-35(24-9-5-4-6-10-24)28(26)33-15-7-8-16-33/h4-6,9-14,17-18H,7-8,15-16H2,1-3H3,(H,31,36). The molecule has 1 aliphatic rings. The number of rotatable bonds is 6. The Hall–Kier alpha value is -4.20. The van der Waals surface area contributed by atoms with Crippen LogP contribution in [-0.2, 0) is 0 Å². The van der Waals surface area contributed by atoms with E-state index in [0.717, 1.165) is 65.8 Å². The lowest BCUT2D eigenvalue weighted by Gasteiger charge is -2.20. The second kappa shape index (κ2) is 9.81. The molecule has 8 heteroatoms. The molecule has 1 aliphatic heterocycles.